The first-order valence-corrected chi connectivity index (χ1v) is 21.4. The summed E-state index contributed by atoms with van der Waals surface area (Å²) in [4.78, 5) is 16.7. The predicted molar refractivity (Wildman–Crippen MR) is 249 cm³/mol. The summed E-state index contributed by atoms with van der Waals surface area (Å²) in [5, 5.41) is 1.52. The van der Waals surface area contributed by atoms with Crippen LogP contribution in [0.4, 0.5) is 17.1 Å². The molecular formula is C56H43NOS. The van der Waals surface area contributed by atoms with Crippen LogP contribution in [0, 0.1) is 0 Å². The Morgan fingerprint density at radius 2 is 0.847 bits per heavy atom. The molecule has 11 rings (SSSR count). The van der Waals surface area contributed by atoms with Gasteiger partial charge in [-0.25, -0.2) is 0 Å². The molecule has 59 heavy (non-hydrogen) atoms. The van der Waals surface area contributed by atoms with Gasteiger partial charge >= 0.3 is 0 Å². The van der Waals surface area contributed by atoms with Crippen molar-refractivity contribution in [2.45, 2.75) is 44.4 Å². The van der Waals surface area contributed by atoms with E-state index in [9.17, 15) is 4.79 Å². The van der Waals surface area contributed by atoms with E-state index in [1.54, 1.807) is 11.3 Å². The maximum atomic E-state index is 14.3. The molecule has 2 heterocycles. The number of hydrogen-bond donors (Lipinski definition) is 0. The Labute approximate surface area is 349 Å². The Hall–Kier alpha value is -6.55. The quantitative estimate of drug-likeness (QED) is 0.166. The predicted octanol–water partition coefficient (Wildman–Crippen LogP) is 14.7. The fourth-order valence-corrected chi connectivity index (χ4v) is 11.2. The van der Waals surface area contributed by atoms with Gasteiger partial charge in [0.1, 0.15) is 0 Å². The lowest BCUT2D eigenvalue weighted by Gasteiger charge is -2.42. The van der Waals surface area contributed by atoms with Crippen LogP contribution < -0.4 is 10.3 Å². The molecule has 3 heteroatoms. The van der Waals surface area contributed by atoms with Gasteiger partial charge in [0, 0.05) is 42.6 Å². The molecule has 0 unspecified atom stereocenters. The van der Waals surface area contributed by atoms with Crippen molar-refractivity contribution in [1.29, 1.82) is 0 Å². The van der Waals surface area contributed by atoms with E-state index < -0.39 is 0 Å². The Morgan fingerprint density at radius 3 is 1.36 bits per heavy atom. The minimum absolute atomic E-state index is 0.0624. The molecule has 0 N–H and O–H groups in total. The highest BCUT2D eigenvalue weighted by molar-refractivity contribution is 7.24. The van der Waals surface area contributed by atoms with Gasteiger partial charge in [-0.1, -0.05) is 161 Å². The summed E-state index contributed by atoms with van der Waals surface area (Å²) in [7, 11) is 0. The lowest BCUT2D eigenvalue weighted by molar-refractivity contribution is 0.597. The van der Waals surface area contributed by atoms with Crippen molar-refractivity contribution in [1.82, 2.24) is 0 Å². The summed E-state index contributed by atoms with van der Waals surface area (Å²) in [5.41, 5.74) is 17.1. The highest BCUT2D eigenvalue weighted by atomic mass is 32.1. The van der Waals surface area contributed by atoms with Gasteiger partial charge in [-0.2, -0.15) is 0 Å². The zero-order valence-corrected chi connectivity index (χ0v) is 34.5. The van der Waals surface area contributed by atoms with Crippen molar-refractivity contribution >= 4 is 48.6 Å². The van der Waals surface area contributed by atoms with Gasteiger partial charge in [0.25, 0.3) is 0 Å². The molecule has 1 aliphatic carbocycles. The Morgan fingerprint density at radius 1 is 0.441 bits per heavy atom. The molecule has 0 saturated heterocycles. The molecule has 9 aromatic rings. The lowest BCUT2D eigenvalue weighted by Crippen LogP contribution is -2.30. The molecule has 284 valence electrons. The number of benzene rings is 8. The van der Waals surface area contributed by atoms with E-state index in [4.69, 9.17) is 0 Å². The highest BCUT2D eigenvalue weighted by Gasteiger charge is 2.38. The summed E-state index contributed by atoms with van der Waals surface area (Å²) in [5.74, 6) is 0.165. The number of para-hydroxylation sites is 2. The molecule has 0 radical (unpaired) electrons. The van der Waals surface area contributed by atoms with Gasteiger partial charge in [0.05, 0.1) is 11.4 Å². The zero-order chi connectivity index (χ0) is 40.0. The maximum Gasteiger partial charge on any atom is 0.195 e. The van der Waals surface area contributed by atoms with Gasteiger partial charge < -0.3 is 4.90 Å². The smallest absolute Gasteiger partial charge is 0.195 e. The van der Waals surface area contributed by atoms with Crippen LogP contribution in [0.5, 0.6) is 0 Å². The first-order chi connectivity index (χ1) is 28.7. The second-order valence-corrected chi connectivity index (χ2v) is 18.3. The normalized spacial score (nSPS) is 15.0. The van der Waals surface area contributed by atoms with E-state index in [2.05, 4.69) is 215 Å². The minimum Gasteiger partial charge on any atom is -0.310 e. The van der Waals surface area contributed by atoms with Crippen LogP contribution >= 0.6 is 11.3 Å². The first kappa shape index (κ1) is 35.6. The van der Waals surface area contributed by atoms with Gasteiger partial charge in [-0.3, -0.25) is 4.79 Å². The minimum atomic E-state index is -0.102. The molecule has 8 aromatic carbocycles. The SMILES string of the molecule is CC1(C)c2ccccc2C(c2ccc(-c3ccc4sc5ccc(-c6ccc(N7c8ccccc8C(C)(C)c8ccccc87)cc6)cc5c(=O)c4c3)cc2)c2ccccc21. The van der Waals surface area contributed by atoms with Crippen molar-refractivity contribution in [3.8, 4) is 22.3 Å². The van der Waals surface area contributed by atoms with E-state index in [0.717, 1.165) is 48.1 Å². The summed E-state index contributed by atoms with van der Waals surface area (Å²) in [6.45, 7) is 9.30. The number of nitrogens with zero attached hydrogens (tertiary/aromatic N) is 1. The maximum absolute atomic E-state index is 14.3. The second kappa shape index (κ2) is 13.2. The van der Waals surface area contributed by atoms with Crippen LogP contribution in [0.1, 0.15) is 72.6 Å². The lowest BCUT2D eigenvalue weighted by atomic mass is 9.64. The average Bonchev–Trinajstić information content (AvgIpc) is 3.27. The van der Waals surface area contributed by atoms with E-state index in [0.29, 0.717) is 0 Å². The van der Waals surface area contributed by atoms with Crippen LogP contribution in [-0.2, 0) is 10.8 Å². The number of anilines is 3. The van der Waals surface area contributed by atoms with Gasteiger partial charge in [0.2, 0.25) is 0 Å². The largest absolute Gasteiger partial charge is 0.310 e. The highest BCUT2D eigenvalue weighted by Crippen LogP contribution is 2.52. The van der Waals surface area contributed by atoms with Gasteiger partial charge in [0.15, 0.2) is 5.43 Å². The standard InChI is InChI=1S/C56H43NOS/c1-55(2)45-15-7-5-13-41(45)53(42-14-6-8-16-46(42)55)37-23-21-35(22-24-37)38-27-31-51-43(33-38)54(58)44-34-39(28-32-52(44)59-51)36-25-29-40(30-26-36)57-49-19-11-9-17-47(49)56(3,4)48-18-10-12-20-50(48)57/h5-34,53H,1-4H3. The monoisotopic (exact) mass is 777 g/mol. The molecule has 0 bridgehead atoms. The molecule has 0 spiro atoms. The fraction of sp³-hybridized carbons (Fsp3) is 0.125. The molecule has 1 aliphatic heterocycles. The molecule has 2 nitrogen and oxygen atoms in total. The van der Waals surface area contributed by atoms with Crippen molar-refractivity contribution in [2.75, 3.05) is 4.90 Å². The van der Waals surface area contributed by atoms with Crippen LogP contribution in [0.15, 0.2) is 187 Å². The number of rotatable bonds is 4. The van der Waals surface area contributed by atoms with Crippen molar-refractivity contribution in [3.05, 3.63) is 231 Å². The van der Waals surface area contributed by atoms with Gasteiger partial charge in [-0.15, -0.1) is 11.3 Å². The molecule has 0 saturated carbocycles. The molecule has 0 atom stereocenters. The number of hydrogen-bond acceptors (Lipinski definition) is 3. The van der Waals surface area contributed by atoms with Crippen LogP contribution in [0.2, 0.25) is 0 Å². The second-order valence-electron chi connectivity index (χ2n) is 17.2. The van der Waals surface area contributed by atoms with Crippen molar-refractivity contribution < 1.29 is 0 Å². The van der Waals surface area contributed by atoms with Crippen LogP contribution in [0.25, 0.3) is 42.4 Å². The van der Waals surface area contributed by atoms with E-state index in [-0.39, 0.29) is 22.2 Å². The van der Waals surface area contributed by atoms with Crippen molar-refractivity contribution in [3.63, 3.8) is 0 Å². The molecule has 2 aliphatic rings. The summed E-state index contributed by atoms with van der Waals surface area (Å²) in [6.07, 6.45) is 0. The number of fused-ring (bicyclic) bond motifs is 6. The first-order valence-electron chi connectivity index (χ1n) is 20.6. The average molecular weight is 778 g/mol. The summed E-state index contributed by atoms with van der Waals surface area (Å²) >= 11 is 1.68. The Balaban J connectivity index is 0.927. The Kier molecular flexibility index (Phi) is 7.99. The van der Waals surface area contributed by atoms with E-state index >= 15 is 0 Å². The van der Waals surface area contributed by atoms with E-state index in [1.165, 1.54) is 50.3 Å². The van der Waals surface area contributed by atoms with Crippen LogP contribution in [0.3, 0.4) is 0 Å². The zero-order valence-electron chi connectivity index (χ0n) is 33.7. The molecule has 1 aromatic heterocycles. The fourth-order valence-electron chi connectivity index (χ4n) is 10.1. The third-order valence-corrected chi connectivity index (χ3v) is 14.4. The summed E-state index contributed by atoms with van der Waals surface area (Å²) < 4.78 is 2.00. The van der Waals surface area contributed by atoms with Gasteiger partial charge in [-0.05, 0) is 110 Å². The van der Waals surface area contributed by atoms with Crippen molar-refractivity contribution in [2.24, 2.45) is 0 Å². The molecule has 0 fully saturated rings. The van der Waals surface area contributed by atoms with E-state index in [1.807, 2.05) is 0 Å². The Bertz CT molecular complexity index is 2880. The third kappa shape index (κ3) is 5.49. The molecular weight excluding hydrogens is 735 g/mol. The topological polar surface area (TPSA) is 20.3 Å². The summed E-state index contributed by atoms with van der Waals surface area (Å²) in [6, 6.07) is 65.8. The molecule has 0 amide bonds. The van der Waals surface area contributed by atoms with Crippen LogP contribution in [-0.4, -0.2) is 0 Å². The third-order valence-electron chi connectivity index (χ3n) is 13.2.